The van der Waals surface area contributed by atoms with Gasteiger partial charge in [-0.15, -0.1) is 0 Å². The summed E-state index contributed by atoms with van der Waals surface area (Å²) in [5.41, 5.74) is 2.47. The van der Waals surface area contributed by atoms with Gasteiger partial charge in [-0.2, -0.15) is 11.3 Å². The monoisotopic (exact) mass is 371 g/mol. The Balaban J connectivity index is 1.51. The number of carbonyl (C=O) groups is 2. The number of thiophene rings is 1. The van der Waals surface area contributed by atoms with Crippen LogP contribution in [0.2, 0.25) is 0 Å². The number of nitrogens with one attached hydrogen (secondary N) is 1. The molecule has 0 radical (unpaired) electrons. The Bertz CT molecular complexity index is 833. The number of ether oxygens (including phenoxy) is 1. The zero-order chi connectivity index (χ0) is 18.3. The third kappa shape index (κ3) is 3.26. The Hall–Kier alpha value is -2.54. The molecule has 1 aliphatic carbocycles. The average molecular weight is 371 g/mol. The fourth-order valence-corrected chi connectivity index (χ4v) is 3.78. The van der Waals surface area contributed by atoms with E-state index in [1.165, 1.54) is 0 Å². The van der Waals surface area contributed by atoms with Crippen LogP contribution in [0, 0.1) is 0 Å². The summed E-state index contributed by atoms with van der Waals surface area (Å²) in [6.45, 7) is 2.35. The molecule has 1 aromatic carbocycles. The molecular weight excluding hydrogens is 350 g/mol. The van der Waals surface area contributed by atoms with E-state index in [9.17, 15) is 9.59 Å². The van der Waals surface area contributed by atoms with E-state index in [4.69, 9.17) is 4.74 Å². The fourth-order valence-electron chi connectivity index (χ4n) is 3.12. The zero-order valence-electron chi connectivity index (χ0n) is 14.8. The largest absolute Gasteiger partial charge is 0.479 e. The maximum absolute atomic E-state index is 12.8. The van der Waals surface area contributed by atoms with Crippen molar-refractivity contribution in [2.75, 3.05) is 17.3 Å². The summed E-state index contributed by atoms with van der Waals surface area (Å²) in [6.07, 6.45) is 1.60. The molecule has 1 fully saturated rings. The standard InChI is InChI=1S/C19H21N3O3S/c1-12-18(23)21(2)16-9-14(3-6-17(16)25-12)20-19(24)22(15-4-5-15)10-13-7-8-26-11-13/h3,6-9,11-12,15H,4-5,10H2,1-2H3,(H,20,24)/t12-/m0/s1. The maximum Gasteiger partial charge on any atom is 0.322 e. The molecule has 1 saturated carbocycles. The molecule has 4 rings (SSSR count). The van der Waals surface area contributed by atoms with E-state index < -0.39 is 6.10 Å². The van der Waals surface area contributed by atoms with Gasteiger partial charge < -0.3 is 19.9 Å². The van der Waals surface area contributed by atoms with Gasteiger partial charge in [0.2, 0.25) is 0 Å². The number of likely N-dealkylation sites (N-methyl/N-ethyl adjacent to an activating group) is 1. The lowest BCUT2D eigenvalue weighted by Crippen LogP contribution is -2.42. The summed E-state index contributed by atoms with van der Waals surface area (Å²) >= 11 is 1.64. The van der Waals surface area contributed by atoms with E-state index in [2.05, 4.69) is 10.7 Å². The number of nitrogens with zero attached hydrogens (tertiary/aromatic N) is 2. The first kappa shape index (κ1) is 16.9. The molecule has 0 bridgehead atoms. The minimum Gasteiger partial charge on any atom is -0.479 e. The van der Waals surface area contributed by atoms with Crippen molar-refractivity contribution in [3.8, 4) is 5.75 Å². The Morgan fingerprint density at radius 1 is 1.38 bits per heavy atom. The lowest BCUT2D eigenvalue weighted by molar-refractivity contribution is -0.125. The minimum absolute atomic E-state index is 0.0990. The molecular formula is C19H21N3O3S. The molecule has 7 heteroatoms. The smallest absolute Gasteiger partial charge is 0.322 e. The Kier molecular flexibility index (Phi) is 4.32. The van der Waals surface area contributed by atoms with Crippen LogP contribution in [-0.2, 0) is 11.3 Å². The highest BCUT2D eigenvalue weighted by Gasteiger charge is 2.33. The number of benzene rings is 1. The Morgan fingerprint density at radius 2 is 2.19 bits per heavy atom. The minimum atomic E-state index is -0.496. The second-order valence-corrected chi connectivity index (χ2v) is 7.54. The highest BCUT2D eigenvalue weighted by molar-refractivity contribution is 7.07. The van der Waals surface area contributed by atoms with Crippen LogP contribution in [0.5, 0.6) is 5.75 Å². The molecule has 3 amide bonds. The average Bonchev–Trinajstić information content (AvgIpc) is 3.34. The van der Waals surface area contributed by atoms with E-state index >= 15 is 0 Å². The summed E-state index contributed by atoms with van der Waals surface area (Å²) in [6, 6.07) is 7.63. The quantitative estimate of drug-likeness (QED) is 0.892. The summed E-state index contributed by atoms with van der Waals surface area (Å²) in [5, 5.41) is 7.06. The number of anilines is 2. The van der Waals surface area contributed by atoms with Crippen molar-refractivity contribution in [2.24, 2.45) is 0 Å². The molecule has 2 aromatic rings. The SMILES string of the molecule is C[C@@H]1Oc2ccc(NC(=O)N(Cc3ccsc3)C3CC3)cc2N(C)C1=O. The summed E-state index contributed by atoms with van der Waals surface area (Å²) in [7, 11) is 1.72. The lowest BCUT2D eigenvalue weighted by atomic mass is 10.2. The second kappa shape index (κ2) is 6.64. The van der Waals surface area contributed by atoms with Gasteiger partial charge in [-0.1, -0.05) is 0 Å². The third-order valence-corrected chi connectivity index (χ3v) is 5.47. The number of hydrogen-bond donors (Lipinski definition) is 1. The fraction of sp³-hybridized carbons (Fsp3) is 0.368. The van der Waals surface area contributed by atoms with Gasteiger partial charge in [-0.25, -0.2) is 4.79 Å². The molecule has 1 aliphatic heterocycles. The predicted molar refractivity (Wildman–Crippen MR) is 102 cm³/mol. The molecule has 6 nitrogen and oxygen atoms in total. The van der Waals surface area contributed by atoms with E-state index in [0.717, 1.165) is 18.4 Å². The zero-order valence-corrected chi connectivity index (χ0v) is 15.6. The first-order chi connectivity index (χ1) is 12.5. The molecule has 0 unspecified atom stereocenters. The highest BCUT2D eigenvalue weighted by Crippen LogP contribution is 2.36. The topological polar surface area (TPSA) is 61.9 Å². The molecule has 1 N–H and O–H groups in total. The van der Waals surface area contributed by atoms with Crippen LogP contribution < -0.4 is 15.0 Å². The van der Waals surface area contributed by atoms with Gasteiger partial charge in [0.05, 0.1) is 5.69 Å². The lowest BCUT2D eigenvalue weighted by Gasteiger charge is -2.30. The van der Waals surface area contributed by atoms with Gasteiger partial charge in [0, 0.05) is 25.3 Å². The number of urea groups is 1. The Morgan fingerprint density at radius 3 is 2.88 bits per heavy atom. The maximum atomic E-state index is 12.8. The van der Waals surface area contributed by atoms with Crippen LogP contribution in [0.3, 0.4) is 0 Å². The first-order valence-electron chi connectivity index (χ1n) is 8.70. The van der Waals surface area contributed by atoms with Crippen LogP contribution in [0.15, 0.2) is 35.0 Å². The van der Waals surface area contributed by atoms with Crippen LogP contribution >= 0.6 is 11.3 Å². The van der Waals surface area contributed by atoms with Gasteiger partial charge in [-0.3, -0.25) is 4.79 Å². The molecule has 136 valence electrons. The van der Waals surface area contributed by atoms with Crippen molar-refractivity contribution in [1.82, 2.24) is 4.90 Å². The molecule has 1 atom stereocenters. The van der Waals surface area contributed by atoms with Crippen LogP contribution in [0.1, 0.15) is 25.3 Å². The number of amides is 3. The van der Waals surface area contributed by atoms with Crippen LogP contribution in [0.25, 0.3) is 0 Å². The van der Waals surface area contributed by atoms with Crippen molar-refractivity contribution in [1.29, 1.82) is 0 Å². The molecule has 2 heterocycles. The predicted octanol–water partition coefficient (Wildman–Crippen LogP) is 3.69. The van der Waals surface area contributed by atoms with Crippen molar-refractivity contribution in [3.63, 3.8) is 0 Å². The van der Waals surface area contributed by atoms with Crippen molar-refractivity contribution < 1.29 is 14.3 Å². The van der Waals surface area contributed by atoms with Crippen molar-refractivity contribution in [2.45, 2.75) is 38.5 Å². The normalized spacial score (nSPS) is 18.9. The van der Waals surface area contributed by atoms with Crippen molar-refractivity contribution in [3.05, 3.63) is 40.6 Å². The van der Waals surface area contributed by atoms with E-state index in [0.29, 0.717) is 29.7 Å². The number of carbonyl (C=O) groups excluding carboxylic acids is 2. The van der Waals surface area contributed by atoms with Gasteiger partial charge in [0.1, 0.15) is 5.75 Å². The molecule has 0 spiro atoms. The molecule has 26 heavy (non-hydrogen) atoms. The second-order valence-electron chi connectivity index (χ2n) is 6.76. The van der Waals surface area contributed by atoms with E-state index in [1.54, 1.807) is 42.3 Å². The van der Waals surface area contributed by atoms with Crippen LogP contribution in [0.4, 0.5) is 16.2 Å². The van der Waals surface area contributed by atoms with Gasteiger partial charge in [-0.05, 0) is 60.4 Å². The summed E-state index contributed by atoms with van der Waals surface area (Å²) < 4.78 is 5.63. The highest BCUT2D eigenvalue weighted by atomic mass is 32.1. The van der Waals surface area contributed by atoms with Gasteiger partial charge in [0.15, 0.2) is 6.10 Å². The number of rotatable bonds is 4. The first-order valence-corrected chi connectivity index (χ1v) is 9.64. The third-order valence-electron chi connectivity index (χ3n) is 4.74. The van der Waals surface area contributed by atoms with E-state index in [1.807, 2.05) is 22.4 Å². The summed E-state index contributed by atoms with van der Waals surface area (Å²) in [5.74, 6) is 0.549. The van der Waals surface area contributed by atoms with Crippen LogP contribution in [-0.4, -0.2) is 36.0 Å². The molecule has 1 aromatic heterocycles. The van der Waals surface area contributed by atoms with Gasteiger partial charge in [0.25, 0.3) is 5.91 Å². The number of fused-ring (bicyclic) bond motifs is 1. The van der Waals surface area contributed by atoms with Gasteiger partial charge >= 0.3 is 6.03 Å². The van der Waals surface area contributed by atoms with Crippen molar-refractivity contribution >= 4 is 34.6 Å². The van der Waals surface area contributed by atoms with E-state index in [-0.39, 0.29) is 11.9 Å². The molecule has 2 aliphatic rings. The molecule has 0 saturated heterocycles. The Labute approximate surface area is 156 Å². The summed E-state index contributed by atoms with van der Waals surface area (Å²) in [4.78, 5) is 28.4. The number of hydrogen-bond acceptors (Lipinski definition) is 4.